The lowest BCUT2D eigenvalue weighted by atomic mass is 10.3. The van der Waals surface area contributed by atoms with Gasteiger partial charge in [-0.2, -0.15) is 0 Å². The van der Waals surface area contributed by atoms with Crippen LogP contribution < -0.4 is 10.5 Å². The second-order valence-electron chi connectivity index (χ2n) is 2.05. The van der Waals surface area contributed by atoms with Crippen LogP contribution in [-0.2, 0) is 0 Å². The second-order valence-corrected chi connectivity index (χ2v) is 2.45. The van der Waals surface area contributed by atoms with E-state index in [4.69, 9.17) is 27.2 Å². The highest BCUT2D eigenvalue weighted by atomic mass is 35.5. The number of hydrogen-bond acceptors (Lipinski definition) is 3. The predicted molar refractivity (Wildman–Crippen MR) is 44.1 cm³/mol. The minimum Gasteiger partial charge on any atom is -0.506 e. The molecule has 0 amide bonds. The first-order valence-electron chi connectivity index (χ1n) is 2.97. The van der Waals surface area contributed by atoms with Crippen LogP contribution in [0.15, 0.2) is 12.1 Å². The molecule has 4 heteroatoms. The van der Waals surface area contributed by atoms with Crippen LogP contribution in [0.4, 0.5) is 5.69 Å². The normalized spacial score (nSPS) is 9.64. The largest absolute Gasteiger partial charge is 0.506 e. The van der Waals surface area contributed by atoms with E-state index in [2.05, 4.69) is 0 Å². The fraction of sp³-hybridized carbons (Fsp3) is 0.143. The Kier molecular flexibility index (Phi) is 2.10. The van der Waals surface area contributed by atoms with Crippen LogP contribution in [-0.4, -0.2) is 12.2 Å². The van der Waals surface area contributed by atoms with E-state index in [1.165, 1.54) is 19.2 Å². The van der Waals surface area contributed by atoms with E-state index in [-0.39, 0.29) is 10.8 Å². The summed E-state index contributed by atoms with van der Waals surface area (Å²) in [4.78, 5) is 0. The van der Waals surface area contributed by atoms with Crippen molar-refractivity contribution in [2.24, 2.45) is 0 Å². The molecule has 1 aromatic carbocycles. The molecule has 0 saturated carbocycles. The zero-order valence-electron chi connectivity index (χ0n) is 5.97. The summed E-state index contributed by atoms with van der Waals surface area (Å²) in [6.07, 6.45) is 0. The number of phenolic OH excluding ortho intramolecular Hbond substituents is 1. The quantitative estimate of drug-likeness (QED) is 0.502. The van der Waals surface area contributed by atoms with Gasteiger partial charge in [0.2, 0.25) is 0 Å². The van der Waals surface area contributed by atoms with E-state index in [1.54, 1.807) is 0 Å². The number of nitrogen functional groups attached to an aromatic ring is 1. The molecule has 0 aliphatic carbocycles. The average molecular weight is 174 g/mol. The Morgan fingerprint density at radius 3 is 2.73 bits per heavy atom. The zero-order chi connectivity index (χ0) is 8.43. The molecule has 0 unspecified atom stereocenters. The van der Waals surface area contributed by atoms with Crippen LogP contribution in [0.5, 0.6) is 11.5 Å². The first-order chi connectivity index (χ1) is 5.15. The first kappa shape index (κ1) is 8.01. The van der Waals surface area contributed by atoms with E-state index in [0.717, 1.165) is 0 Å². The van der Waals surface area contributed by atoms with Gasteiger partial charge in [0.1, 0.15) is 11.5 Å². The van der Waals surface area contributed by atoms with E-state index < -0.39 is 0 Å². The van der Waals surface area contributed by atoms with Crippen LogP contribution in [0.25, 0.3) is 0 Å². The number of aromatic hydroxyl groups is 1. The Labute approximate surface area is 69.3 Å². The summed E-state index contributed by atoms with van der Waals surface area (Å²) in [5, 5.41) is 9.31. The SMILES string of the molecule is COc1cc(O)c(Cl)cc1N. The highest BCUT2D eigenvalue weighted by Gasteiger charge is 2.04. The number of phenols is 1. The van der Waals surface area contributed by atoms with Gasteiger partial charge in [0.25, 0.3) is 0 Å². The highest BCUT2D eigenvalue weighted by molar-refractivity contribution is 6.32. The number of anilines is 1. The maximum atomic E-state index is 9.09. The van der Waals surface area contributed by atoms with Gasteiger partial charge in [-0.25, -0.2) is 0 Å². The third-order valence-electron chi connectivity index (χ3n) is 1.30. The molecule has 11 heavy (non-hydrogen) atoms. The molecule has 0 saturated heterocycles. The Morgan fingerprint density at radius 2 is 2.18 bits per heavy atom. The molecule has 0 bridgehead atoms. The third-order valence-corrected chi connectivity index (χ3v) is 1.60. The van der Waals surface area contributed by atoms with Crippen LogP contribution in [0.1, 0.15) is 0 Å². The van der Waals surface area contributed by atoms with Crippen LogP contribution >= 0.6 is 11.6 Å². The van der Waals surface area contributed by atoms with Crippen LogP contribution in [0.2, 0.25) is 5.02 Å². The van der Waals surface area contributed by atoms with Crippen molar-refractivity contribution in [1.29, 1.82) is 0 Å². The van der Waals surface area contributed by atoms with Gasteiger partial charge in [0.15, 0.2) is 0 Å². The fourth-order valence-electron chi connectivity index (χ4n) is 0.735. The van der Waals surface area contributed by atoms with Crippen molar-refractivity contribution in [3.05, 3.63) is 17.2 Å². The standard InChI is InChI=1S/C7H8ClNO2/c1-11-7-3-6(10)4(8)2-5(7)9/h2-3,10H,9H2,1H3. The van der Waals surface area contributed by atoms with Gasteiger partial charge < -0.3 is 15.6 Å². The summed E-state index contributed by atoms with van der Waals surface area (Å²) in [6, 6.07) is 2.81. The topological polar surface area (TPSA) is 55.5 Å². The van der Waals surface area contributed by atoms with Crippen molar-refractivity contribution in [2.45, 2.75) is 0 Å². The van der Waals surface area contributed by atoms with Gasteiger partial charge in [-0.15, -0.1) is 0 Å². The predicted octanol–water partition coefficient (Wildman–Crippen LogP) is 1.64. The van der Waals surface area contributed by atoms with Crippen LogP contribution in [0, 0.1) is 0 Å². The van der Waals surface area contributed by atoms with E-state index in [9.17, 15) is 0 Å². The molecule has 0 atom stereocenters. The monoisotopic (exact) mass is 173 g/mol. The van der Waals surface area contributed by atoms with Gasteiger partial charge in [0, 0.05) is 6.07 Å². The molecule has 0 heterocycles. The molecule has 3 nitrogen and oxygen atoms in total. The molecule has 3 N–H and O–H groups in total. The Morgan fingerprint density at radius 1 is 1.55 bits per heavy atom. The molecule has 0 radical (unpaired) electrons. The number of ether oxygens (including phenoxy) is 1. The number of benzene rings is 1. The fourth-order valence-corrected chi connectivity index (χ4v) is 0.907. The molecule has 1 rings (SSSR count). The molecule has 0 aliphatic heterocycles. The number of methoxy groups -OCH3 is 1. The minimum absolute atomic E-state index is 0.0299. The van der Waals surface area contributed by atoms with Gasteiger partial charge in [0.05, 0.1) is 17.8 Å². The van der Waals surface area contributed by atoms with Crippen molar-refractivity contribution >= 4 is 17.3 Å². The maximum Gasteiger partial charge on any atom is 0.145 e. The molecule has 0 spiro atoms. The molecular formula is C7H8ClNO2. The lowest BCUT2D eigenvalue weighted by Gasteiger charge is -2.05. The van der Waals surface area contributed by atoms with Gasteiger partial charge in [-0.1, -0.05) is 11.6 Å². The maximum absolute atomic E-state index is 9.09. The molecule has 0 fully saturated rings. The molecule has 60 valence electrons. The van der Waals surface area contributed by atoms with Crippen molar-refractivity contribution in [3.63, 3.8) is 0 Å². The molecular weight excluding hydrogens is 166 g/mol. The van der Waals surface area contributed by atoms with Gasteiger partial charge in [-0.05, 0) is 6.07 Å². The zero-order valence-corrected chi connectivity index (χ0v) is 6.72. The summed E-state index contributed by atoms with van der Waals surface area (Å²) >= 11 is 5.56. The Bertz CT molecular complexity index is 275. The summed E-state index contributed by atoms with van der Waals surface area (Å²) in [6.45, 7) is 0. The number of hydrogen-bond donors (Lipinski definition) is 2. The van der Waals surface area contributed by atoms with E-state index >= 15 is 0 Å². The Hall–Kier alpha value is -1.09. The number of halogens is 1. The summed E-state index contributed by atoms with van der Waals surface area (Å²) in [5.74, 6) is 0.393. The van der Waals surface area contributed by atoms with Crippen molar-refractivity contribution in [1.82, 2.24) is 0 Å². The summed E-state index contributed by atoms with van der Waals surface area (Å²) in [7, 11) is 1.47. The van der Waals surface area contributed by atoms with Gasteiger partial charge >= 0.3 is 0 Å². The van der Waals surface area contributed by atoms with Crippen molar-refractivity contribution < 1.29 is 9.84 Å². The van der Waals surface area contributed by atoms with Gasteiger partial charge in [-0.3, -0.25) is 0 Å². The summed E-state index contributed by atoms with van der Waals surface area (Å²) < 4.78 is 4.84. The lowest BCUT2D eigenvalue weighted by Crippen LogP contribution is -1.91. The average Bonchev–Trinajstić information content (AvgIpc) is 1.97. The lowest BCUT2D eigenvalue weighted by molar-refractivity contribution is 0.410. The van der Waals surface area contributed by atoms with E-state index in [1.807, 2.05) is 0 Å². The number of rotatable bonds is 1. The smallest absolute Gasteiger partial charge is 0.145 e. The first-order valence-corrected chi connectivity index (χ1v) is 3.35. The third kappa shape index (κ3) is 1.49. The number of nitrogens with two attached hydrogens (primary N) is 1. The van der Waals surface area contributed by atoms with E-state index in [0.29, 0.717) is 11.4 Å². The second kappa shape index (κ2) is 2.88. The Balaban J connectivity index is 3.21. The van der Waals surface area contributed by atoms with Crippen LogP contribution in [0.3, 0.4) is 0 Å². The molecule has 0 aliphatic rings. The minimum atomic E-state index is -0.0299. The highest BCUT2D eigenvalue weighted by Crippen LogP contribution is 2.32. The van der Waals surface area contributed by atoms with Crippen molar-refractivity contribution in [3.8, 4) is 11.5 Å². The van der Waals surface area contributed by atoms with Crippen molar-refractivity contribution in [2.75, 3.05) is 12.8 Å². The summed E-state index contributed by atoms with van der Waals surface area (Å²) in [5.41, 5.74) is 5.89. The molecule has 0 aromatic heterocycles. The molecule has 1 aromatic rings.